The Kier molecular flexibility index (Phi) is 15.3. The van der Waals surface area contributed by atoms with Crippen LogP contribution in [0.25, 0.3) is 12.4 Å². The molecular weight excluding hydrogens is 501 g/mol. The molecule has 2 aromatic carbocycles. The lowest BCUT2D eigenvalue weighted by molar-refractivity contribution is -0.119. The topological polar surface area (TPSA) is 113 Å². The highest BCUT2D eigenvalue weighted by atomic mass is 19.1. The molecular formula is C29H42FN5O4. The van der Waals surface area contributed by atoms with E-state index in [-0.39, 0.29) is 17.2 Å². The number of amides is 1. The molecule has 0 spiro atoms. The summed E-state index contributed by atoms with van der Waals surface area (Å²) >= 11 is 0. The average molecular weight is 544 g/mol. The number of rotatable bonds is 14. The van der Waals surface area contributed by atoms with Crippen LogP contribution in [0.2, 0.25) is 0 Å². The van der Waals surface area contributed by atoms with Crippen molar-refractivity contribution < 1.29 is 23.5 Å². The first kappa shape index (κ1) is 33.4. The Labute approximate surface area is 230 Å². The van der Waals surface area contributed by atoms with E-state index >= 15 is 0 Å². The van der Waals surface area contributed by atoms with Crippen molar-refractivity contribution in [3.05, 3.63) is 52.7 Å². The van der Waals surface area contributed by atoms with Crippen molar-refractivity contribution in [1.29, 1.82) is 0 Å². The number of hydrogen-bond donors (Lipinski definition) is 4. The zero-order chi connectivity index (χ0) is 29.3. The second-order valence-electron chi connectivity index (χ2n) is 9.07. The molecule has 0 atom stereocenters. The molecule has 0 aliphatic rings. The summed E-state index contributed by atoms with van der Waals surface area (Å²) in [6, 6.07) is 9.71. The highest BCUT2D eigenvalue weighted by Gasteiger charge is 2.14. The standard InChI is InChI=1S/C22H25FN4O3.C7H17NO/c1-4-25-22(21-15(2)13-18(14-19(21)23)30-12-10-24-3)27-17-7-5-16(6-8-17)26-20(29)9-11-28;1-7(2,9-4)5-6-8-3/h4-8,11,13-14,24,27H,2,9-10,12H2,1,3H3,(H,26,29);8H,5-6H2,1-4H3/b22-21-,25-4-;. The Morgan fingerprint density at radius 3 is 2.21 bits per heavy atom. The third-order valence-electron chi connectivity index (χ3n) is 5.49. The highest BCUT2D eigenvalue weighted by molar-refractivity contribution is 5.98. The summed E-state index contributed by atoms with van der Waals surface area (Å²) in [6.45, 7) is 11.9. The van der Waals surface area contributed by atoms with Crippen molar-refractivity contribution in [2.24, 2.45) is 4.99 Å². The number of nitrogens with zero attached hydrogens (tertiary/aromatic N) is 1. The number of nitrogens with one attached hydrogen (secondary N) is 4. The van der Waals surface area contributed by atoms with Gasteiger partial charge >= 0.3 is 0 Å². The molecule has 2 aromatic rings. The largest absolute Gasteiger partial charge is 0.492 e. The molecule has 4 N–H and O–H groups in total. The van der Waals surface area contributed by atoms with Gasteiger partial charge in [0.15, 0.2) is 0 Å². The van der Waals surface area contributed by atoms with Crippen LogP contribution in [0.4, 0.5) is 15.8 Å². The molecule has 0 fully saturated rings. The fourth-order valence-corrected chi connectivity index (χ4v) is 3.13. The Bertz CT molecular complexity index is 1180. The maximum atomic E-state index is 14.8. The minimum atomic E-state index is -0.507. The van der Waals surface area contributed by atoms with Crippen LogP contribution in [0.5, 0.6) is 5.75 Å². The molecule has 0 radical (unpaired) electrons. The van der Waals surface area contributed by atoms with Gasteiger partial charge in [-0.05, 0) is 83.4 Å². The van der Waals surface area contributed by atoms with Crippen LogP contribution in [0.3, 0.4) is 0 Å². The Balaban J connectivity index is 0.000000724. The molecule has 2 rings (SSSR count). The van der Waals surface area contributed by atoms with Gasteiger partial charge in [0.25, 0.3) is 0 Å². The van der Waals surface area contributed by atoms with E-state index in [4.69, 9.17) is 9.47 Å². The fraction of sp³-hybridized carbons (Fsp3) is 0.414. The minimum absolute atomic E-state index is 0.0308. The molecule has 0 saturated carbocycles. The molecule has 0 bridgehead atoms. The van der Waals surface area contributed by atoms with Gasteiger partial charge in [-0.25, -0.2) is 9.38 Å². The molecule has 214 valence electrons. The van der Waals surface area contributed by atoms with E-state index in [0.717, 1.165) is 13.0 Å². The number of carbonyl (C=O) groups is 2. The van der Waals surface area contributed by atoms with Gasteiger partial charge in [-0.3, -0.25) is 4.79 Å². The van der Waals surface area contributed by atoms with Crippen LogP contribution in [0.1, 0.15) is 33.6 Å². The normalized spacial score (nSPS) is 11.9. The summed E-state index contributed by atoms with van der Waals surface area (Å²) in [5.74, 6) is -0.214. The Hall–Kier alpha value is -3.60. The van der Waals surface area contributed by atoms with Gasteiger partial charge in [0, 0.05) is 37.3 Å². The molecule has 0 unspecified atom stereocenters. The van der Waals surface area contributed by atoms with Gasteiger partial charge in [0.05, 0.1) is 17.2 Å². The molecule has 0 saturated heterocycles. The van der Waals surface area contributed by atoms with Crippen LogP contribution in [-0.4, -0.2) is 64.9 Å². The predicted octanol–water partition coefficient (Wildman–Crippen LogP) is 2.65. The maximum Gasteiger partial charge on any atom is 0.231 e. The van der Waals surface area contributed by atoms with E-state index in [1.807, 2.05) is 7.05 Å². The van der Waals surface area contributed by atoms with E-state index in [1.165, 1.54) is 6.07 Å². The lowest BCUT2D eigenvalue weighted by atomic mass is 10.1. The van der Waals surface area contributed by atoms with Crippen molar-refractivity contribution in [3.8, 4) is 5.75 Å². The van der Waals surface area contributed by atoms with Crippen molar-refractivity contribution in [2.45, 2.75) is 39.2 Å². The van der Waals surface area contributed by atoms with E-state index in [1.54, 1.807) is 57.6 Å². The third kappa shape index (κ3) is 12.7. The van der Waals surface area contributed by atoms with Gasteiger partial charge in [-0.1, -0.05) is 6.58 Å². The number of anilines is 2. The monoisotopic (exact) mass is 543 g/mol. The van der Waals surface area contributed by atoms with Gasteiger partial charge in [-0.2, -0.15) is 0 Å². The van der Waals surface area contributed by atoms with Crippen molar-refractivity contribution in [1.82, 2.24) is 10.6 Å². The zero-order valence-electron chi connectivity index (χ0n) is 23.8. The summed E-state index contributed by atoms with van der Waals surface area (Å²) in [7, 11) is 5.50. The Morgan fingerprint density at radius 1 is 1.08 bits per heavy atom. The van der Waals surface area contributed by atoms with Crippen molar-refractivity contribution >= 4 is 42.2 Å². The molecule has 0 aromatic heterocycles. The zero-order valence-corrected chi connectivity index (χ0v) is 23.8. The van der Waals surface area contributed by atoms with Gasteiger partial charge in [-0.15, -0.1) is 0 Å². The van der Waals surface area contributed by atoms with E-state index in [9.17, 15) is 14.0 Å². The second kappa shape index (κ2) is 17.8. The molecule has 39 heavy (non-hydrogen) atoms. The first-order valence-electron chi connectivity index (χ1n) is 12.7. The number of carbonyl (C=O) groups excluding carboxylic acids is 2. The number of likely N-dealkylation sites (N-methyl/N-ethyl adjacent to an activating group) is 1. The summed E-state index contributed by atoms with van der Waals surface area (Å²) in [5, 5.41) is 12.4. The van der Waals surface area contributed by atoms with Gasteiger partial charge in [0.2, 0.25) is 5.91 Å². The van der Waals surface area contributed by atoms with Crippen LogP contribution in [-0.2, 0) is 14.3 Å². The Morgan fingerprint density at radius 2 is 1.69 bits per heavy atom. The number of methoxy groups -OCH3 is 1. The lowest BCUT2D eigenvalue weighted by Gasteiger charge is -2.22. The molecule has 1 amide bonds. The summed E-state index contributed by atoms with van der Waals surface area (Å²) in [4.78, 5) is 26.1. The second-order valence-corrected chi connectivity index (χ2v) is 9.07. The van der Waals surface area contributed by atoms with Crippen molar-refractivity contribution in [3.63, 3.8) is 0 Å². The SMILES string of the molecule is C=c1cc(OCCNC)cc(F)/c1=C(/N=C\C)Nc1ccc(NC(=O)CC=O)cc1.CNCCC(C)(C)OC. The predicted molar refractivity (Wildman–Crippen MR) is 157 cm³/mol. The van der Waals surface area contributed by atoms with E-state index in [0.29, 0.717) is 47.6 Å². The molecule has 0 heterocycles. The number of aldehydes is 1. The summed E-state index contributed by atoms with van der Waals surface area (Å²) in [5.41, 5.74) is 1.21. The maximum absolute atomic E-state index is 14.8. The minimum Gasteiger partial charge on any atom is -0.492 e. The number of benzene rings is 2. The molecule has 0 aliphatic carbocycles. The lowest BCUT2D eigenvalue weighted by Crippen LogP contribution is -2.31. The number of aliphatic imine (C=N–C) groups is 1. The number of hydrogen-bond acceptors (Lipinski definition) is 8. The smallest absolute Gasteiger partial charge is 0.231 e. The van der Waals surface area contributed by atoms with Crippen LogP contribution >= 0.6 is 0 Å². The van der Waals surface area contributed by atoms with E-state index in [2.05, 4.69) is 46.7 Å². The first-order chi connectivity index (χ1) is 18.6. The first-order valence-corrected chi connectivity index (χ1v) is 12.7. The third-order valence-corrected chi connectivity index (χ3v) is 5.49. The highest BCUT2D eigenvalue weighted by Crippen LogP contribution is 2.16. The van der Waals surface area contributed by atoms with Crippen molar-refractivity contribution in [2.75, 3.05) is 51.5 Å². The number of ether oxygens (including phenoxy) is 2. The quantitative estimate of drug-likeness (QED) is 0.125. The van der Waals surface area contributed by atoms with E-state index < -0.39 is 11.7 Å². The summed E-state index contributed by atoms with van der Waals surface area (Å²) < 4.78 is 25.5. The fourth-order valence-electron chi connectivity index (χ4n) is 3.13. The molecule has 0 aliphatic heterocycles. The van der Waals surface area contributed by atoms with Crippen LogP contribution < -0.4 is 36.4 Å². The molecule has 10 heteroatoms. The van der Waals surface area contributed by atoms with Gasteiger partial charge in [0.1, 0.15) is 30.3 Å². The van der Waals surface area contributed by atoms with Crippen LogP contribution in [0.15, 0.2) is 41.4 Å². The average Bonchev–Trinajstić information content (AvgIpc) is 2.89. The number of halogens is 1. The van der Waals surface area contributed by atoms with Crippen LogP contribution in [0, 0.1) is 5.82 Å². The summed E-state index contributed by atoms with van der Waals surface area (Å²) in [6.07, 6.45) is 2.94. The van der Waals surface area contributed by atoms with Gasteiger partial charge < -0.3 is 35.5 Å². The molecule has 9 nitrogen and oxygen atoms in total.